The average Bonchev–Trinajstić information content (AvgIpc) is 2.53. The average molecular weight is 300 g/mol. The number of carbonyl (C=O) groups is 1. The minimum Gasteiger partial charge on any atom is -0.386 e. The van der Waals surface area contributed by atoms with Crippen LogP contribution in [0, 0.1) is 12.7 Å². The van der Waals surface area contributed by atoms with E-state index in [-0.39, 0.29) is 18.3 Å². The largest absolute Gasteiger partial charge is 0.386 e. The highest BCUT2D eigenvalue weighted by Gasteiger charge is 2.01. The molecule has 0 saturated heterocycles. The third kappa shape index (κ3) is 5.36. The van der Waals surface area contributed by atoms with Gasteiger partial charge in [0, 0.05) is 6.54 Å². The van der Waals surface area contributed by atoms with Crippen LogP contribution in [0.3, 0.4) is 0 Å². The molecule has 114 valence electrons. The summed E-state index contributed by atoms with van der Waals surface area (Å²) in [5.74, 6) is -0.589. The summed E-state index contributed by atoms with van der Waals surface area (Å²) in [7, 11) is 0. The van der Waals surface area contributed by atoms with Gasteiger partial charge in [0.25, 0.3) is 5.91 Å². The minimum absolute atomic E-state index is 0.163. The first-order chi connectivity index (χ1) is 10.6. The van der Waals surface area contributed by atoms with Crippen molar-refractivity contribution in [3.8, 4) is 0 Å². The van der Waals surface area contributed by atoms with E-state index >= 15 is 0 Å². The quantitative estimate of drug-likeness (QED) is 0.659. The molecule has 0 spiro atoms. The van der Waals surface area contributed by atoms with Crippen molar-refractivity contribution in [2.75, 3.05) is 6.61 Å². The second-order valence-corrected chi connectivity index (χ2v) is 4.82. The van der Waals surface area contributed by atoms with Crippen molar-refractivity contribution in [2.24, 2.45) is 5.16 Å². The van der Waals surface area contributed by atoms with E-state index in [1.165, 1.54) is 17.7 Å². The highest BCUT2D eigenvalue weighted by Crippen LogP contribution is 2.02. The van der Waals surface area contributed by atoms with Gasteiger partial charge in [0.05, 0.1) is 6.21 Å². The van der Waals surface area contributed by atoms with Crippen LogP contribution >= 0.6 is 0 Å². The number of amides is 1. The van der Waals surface area contributed by atoms with Gasteiger partial charge in [-0.15, -0.1) is 0 Å². The molecule has 0 aromatic heterocycles. The maximum Gasteiger partial charge on any atom is 0.261 e. The van der Waals surface area contributed by atoms with Crippen molar-refractivity contribution < 1.29 is 14.0 Å². The van der Waals surface area contributed by atoms with Gasteiger partial charge in [-0.3, -0.25) is 4.79 Å². The third-order valence-corrected chi connectivity index (χ3v) is 2.95. The Kier molecular flexibility index (Phi) is 5.65. The predicted molar refractivity (Wildman–Crippen MR) is 83.0 cm³/mol. The van der Waals surface area contributed by atoms with Crippen molar-refractivity contribution in [1.82, 2.24) is 5.32 Å². The van der Waals surface area contributed by atoms with Crippen LogP contribution < -0.4 is 5.32 Å². The van der Waals surface area contributed by atoms with Crippen LogP contribution in [0.1, 0.15) is 16.7 Å². The van der Waals surface area contributed by atoms with Crippen molar-refractivity contribution in [2.45, 2.75) is 13.5 Å². The maximum atomic E-state index is 12.7. The molecular formula is C17H17FN2O2. The van der Waals surface area contributed by atoms with Crippen LogP contribution in [0.5, 0.6) is 0 Å². The van der Waals surface area contributed by atoms with Gasteiger partial charge in [0.2, 0.25) is 0 Å². The van der Waals surface area contributed by atoms with Gasteiger partial charge >= 0.3 is 0 Å². The Balaban J connectivity index is 1.69. The summed E-state index contributed by atoms with van der Waals surface area (Å²) >= 11 is 0. The molecule has 0 radical (unpaired) electrons. The third-order valence-electron chi connectivity index (χ3n) is 2.95. The highest BCUT2D eigenvalue weighted by atomic mass is 19.1. The van der Waals surface area contributed by atoms with Crippen molar-refractivity contribution >= 4 is 12.1 Å². The van der Waals surface area contributed by atoms with Crippen LogP contribution in [0.15, 0.2) is 53.7 Å². The molecule has 0 aliphatic carbocycles. The Bertz CT molecular complexity index is 637. The van der Waals surface area contributed by atoms with E-state index in [9.17, 15) is 9.18 Å². The Morgan fingerprint density at radius 2 is 1.86 bits per heavy atom. The van der Waals surface area contributed by atoms with Crippen molar-refractivity contribution in [3.63, 3.8) is 0 Å². The molecule has 1 N–H and O–H groups in total. The first-order valence-corrected chi connectivity index (χ1v) is 6.86. The van der Waals surface area contributed by atoms with Crippen molar-refractivity contribution in [3.05, 3.63) is 71.0 Å². The lowest BCUT2D eigenvalue weighted by molar-refractivity contribution is -0.125. The first-order valence-electron chi connectivity index (χ1n) is 6.86. The number of carbonyl (C=O) groups excluding carboxylic acids is 1. The van der Waals surface area contributed by atoms with Crippen LogP contribution in [-0.4, -0.2) is 18.7 Å². The van der Waals surface area contributed by atoms with E-state index < -0.39 is 0 Å². The fourth-order valence-electron chi connectivity index (χ4n) is 1.70. The number of nitrogens with one attached hydrogen (secondary N) is 1. The Labute approximate surface area is 128 Å². The van der Waals surface area contributed by atoms with Gasteiger partial charge in [0.1, 0.15) is 5.82 Å². The number of nitrogens with zero attached hydrogens (tertiary/aromatic N) is 1. The van der Waals surface area contributed by atoms with Gasteiger partial charge in [-0.1, -0.05) is 47.1 Å². The molecule has 0 bridgehead atoms. The van der Waals surface area contributed by atoms with Crippen LogP contribution in [-0.2, 0) is 16.2 Å². The summed E-state index contributed by atoms with van der Waals surface area (Å²) in [5, 5.41) is 6.41. The van der Waals surface area contributed by atoms with Crippen LogP contribution in [0.4, 0.5) is 4.39 Å². The second kappa shape index (κ2) is 7.93. The molecule has 22 heavy (non-hydrogen) atoms. The lowest BCUT2D eigenvalue weighted by Crippen LogP contribution is -2.26. The number of aryl methyl sites for hydroxylation is 1. The van der Waals surface area contributed by atoms with E-state index in [2.05, 4.69) is 10.5 Å². The van der Waals surface area contributed by atoms with E-state index in [0.717, 1.165) is 11.1 Å². The summed E-state index contributed by atoms with van der Waals surface area (Å²) in [6, 6.07) is 13.7. The smallest absolute Gasteiger partial charge is 0.261 e. The Morgan fingerprint density at radius 1 is 1.18 bits per heavy atom. The number of halogens is 1. The zero-order chi connectivity index (χ0) is 15.8. The topological polar surface area (TPSA) is 50.7 Å². The Hall–Kier alpha value is -2.69. The van der Waals surface area contributed by atoms with E-state index in [1.54, 1.807) is 18.3 Å². The molecular weight excluding hydrogens is 283 g/mol. The molecule has 0 aliphatic rings. The Morgan fingerprint density at radius 3 is 2.55 bits per heavy atom. The fraction of sp³-hybridized carbons (Fsp3) is 0.176. The molecule has 0 unspecified atom stereocenters. The van der Waals surface area contributed by atoms with Gasteiger partial charge < -0.3 is 10.2 Å². The molecule has 0 atom stereocenters. The van der Waals surface area contributed by atoms with Crippen LogP contribution in [0.25, 0.3) is 0 Å². The van der Waals surface area contributed by atoms with E-state index in [4.69, 9.17) is 4.84 Å². The van der Waals surface area contributed by atoms with E-state index in [0.29, 0.717) is 6.54 Å². The minimum atomic E-state index is -0.302. The summed E-state index contributed by atoms with van der Waals surface area (Å²) in [6.45, 7) is 2.16. The molecule has 0 aliphatic heterocycles. The molecule has 2 rings (SSSR count). The van der Waals surface area contributed by atoms with E-state index in [1.807, 2.05) is 31.2 Å². The van der Waals surface area contributed by atoms with Gasteiger partial charge in [-0.2, -0.15) is 0 Å². The molecule has 2 aromatic rings. The number of benzene rings is 2. The summed E-state index contributed by atoms with van der Waals surface area (Å²) in [6.07, 6.45) is 1.55. The van der Waals surface area contributed by atoms with Crippen molar-refractivity contribution in [1.29, 1.82) is 0 Å². The molecule has 4 nitrogen and oxygen atoms in total. The standard InChI is InChI=1S/C17H17FN2O2/c1-13-2-4-15(5-3-13)11-20-22-12-17(21)19-10-14-6-8-16(18)9-7-14/h2-9,11H,10,12H2,1H3,(H,19,21)/b20-11-. The van der Waals surface area contributed by atoms with Gasteiger partial charge in [-0.25, -0.2) is 4.39 Å². The lowest BCUT2D eigenvalue weighted by atomic mass is 10.2. The second-order valence-electron chi connectivity index (χ2n) is 4.82. The summed E-state index contributed by atoms with van der Waals surface area (Å²) < 4.78 is 12.7. The number of hydrogen-bond acceptors (Lipinski definition) is 3. The lowest BCUT2D eigenvalue weighted by Gasteiger charge is -2.04. The van der Waals surface area contributed by atoms with Gasteiger partial charge in [0.15, 0.2) is 6.61 Å². The molecule has 0 saturated carbocycles. The number of hydrogen-bond donors (Lipinski definition) is 1. The first kappa shape index (κ1) is 15.7. The fourth-order valence-corrected chi connectivity index (χ4v) is 1.70. The van der Waals surface area contributed by atoms with Gasteiger partial charge in [-0.05, 0) is 30.2 Å². The maximum absolute atomic E-state index is 12.7. The molecule has 1 amide bonds. The van der Waals surface area contributed by atoms with Crippen LogP contribution in [0.2, 0.25) is 0 Å². The predicted octanol–water partition coefficient (Wildman–Crippen LogP) is 2.80. The monoisotopic (exact) mass is 300 g/mol. The number of oxime groups is 1. The SMILES string of the molecule is Cc1ccc(/C=N\OCC(=O)NCc2ccc(F)cc2)cc1. The normalized spacial score (nSPS) is 10.6. The highest BCUT2D eigenvalue weighted by molar-refractivity contribution is 5.79. The summed E-state index contributed by atoms with van der Waals surface area (Å²) in [4.78, 5) is 16.5. The number of rotatable bonds is 6. The molecule has 5 heteroatoms. The molecule has 2 aromatic carbocycles. The summed E-state index contributed by atoms with van der Waals surface area (Å²) in [5.41, 5.74) is 2.88. The zero-order valence-electron chi connectivity index (χ0n) is 12.3. The molecule has 0 heterocycles. The zero-order valence-corrected chi connectivity index (χ0v) is 12.3. The molecule has 0 fully saturated rings.